The Morgan fingerprint density at radius 1 is 1.26 bits per heavy atom. The van der Waals surface area contributed by atoms with Crippen molar-refractivity contribution < 1.29 is 14.7 Å². The molecule has 0 heterocycles. The lowest BCUT2D eigenvalue weighted by Gasteiger charge is -2.14. The van der Waals surface area contributed by atoms with Crippen LogP contribution in [0.25, 0.3) is 0 Å². The normalized spacial score (nSPS) is 11.8. The van der Waals surface area contributed by atoms with E-state index in [-0.39, 0.29) is 19.0 Å². The highest BCUT2D eigenvalue weighted by atomic mass is 16.4. The summed E-state index contributed by atoms with van der Waals surface area (Å²) in [5.74, 6) is -1.83. The zero-order valence-electron chi connectivity index (χ0n) is 11.1. The van der Waals surface area contributed by atoms with Crippen molar-refractivity contribution in [2.75, 3.05) is 19.6 Å². The van der Waals surface area contributed by atoms with Gasteiger partial charge in [0.05, 0.1) is 12.5 Å². The van der Waals surface area contributed by atoms with Crippen LogP contribution in [0.4, 0.5) is 0 Å². The van der Waals surface area contributed by atoms with E-state index in [1.807, 2.05) is 13.0 Å². The molecule has 1 amide bonds. The number of carbonyl (C=O) groups excluding carboxylic acids is 1. The SMILES string of the molecule is CCCNCC(=O)NCC(C(=O)O)c1ccccc1. The van der Waals surface area contributed by atoms with Crippen LogP contribution in [0, 0.1) is 0 Å². The van der Waals surface area contributed by atoms with Gasteiger partial charge in [-0.25, -0.2) is 0 Å². The van der Waals surface area contributed by atoms with E-state index in [1.165, 1.54) is 0 Å². The summed E-state index contributed by atoms with van der Waals surface area (Å²) in [4.78, 5) is 22.7. The molecule has 0 aliphatic carbocycles. The molecule has 5 nitrogen and oxygen atoms in total. The van der Waals surface area contributed by atoms with Gasteiger partial charge in [-0.2, -0.15) is 0 Å². The van der Waals surface area contributed by atoms with Crippen molar-refractivity contribution >= 4 is 11.9 Å². The van der Waals surface area contributed by atoms with Crippen LogP contribution in [-0.2, 0) is 9.59 Å². The fourth-order valence-electron chi connectivity index (χ4n) is 1.69. The van der Waals surface area contributed by atoms with E-state index in [0.717, 1.165) is 13.0 Å². The Kier molecular flexibility index (Phi) is 6.60. The van der Waals surface area contributed by atoms with Gasteiger partial charge in [0.25, 0.3) is 0 Å². The third kappa shape index (κ3) is 5.52. The summed E-state index contributed by atoms with van der Waals surface area (Å²) < 4.78 is 0. The number of hydrogen-bond acceptors (Lipinski definition) is 3. The molecule has 0 bridgehead atoms. The van der Waals surface area contributed by atoms with Crippen molar-refractivity contribution in [2.45, 2.75) is 19.3 Å². The number of aliphatic carboxylic acids is 1. The molecule has 1 aromatic rings. The van der Waals surface area contributed by atoms with Crippen LogP contribution in [-0.4, -0.2) is 36.6 Å². The lowest BCUT2D eigenvalue weighted by atomic mass is 9.99. The van der Waals surface area contributed by atoms with Gasteiger partial charge in [0, 0.05) is 6.54 Å². The first-order valence-corrected chi connectivity index (χ1v) is 6.40. The van der Waals surface area contributed by atoms with Crippen molar-refractivity contribution in [3.05, 3.63) is 35.9 Å². The second kappa shape index (κ2) is 8.26. The second-order valence-corrected chi connectivity index (χ2v) is 4.28. The van der Waals surface area contributed by atoms with E-state index in [1.54, 1.807) is 24.3 Å². The molecule has 0 saturated heterocycles. The Bertz CT molecular complexity index is 406. The van der Waals surface area contributed by atoms with E-state index in [2.05, 4.69) is 10.6 Å². The Balaban J connectivity index is 2.47. The van der Waals surface area contributed by atoms with Gasteiger partial charge in [-0.05, 0) is 18.5 Å². The summed E-state index contributed by atoms with van der Waals surface area (Å²) in [7, 11) is 0. The number of hydrogen-bond donors (Lipinski definition) is 3. The molecule has 104 valence electrons. The molecular formula is C14H20N2O3. The second-order valence-electron chi connectivity index (χ2n) is 4.28. The van der Waals surface area contributed by atoms with Crippen molar-refractivity contribution in [1.82, 2.24) is 10.6 Å². The molecule has 0 radical (unpaired) electrons. The van der Waals surface area contributed by atoms with Gasteiger partial charge in [-0.15, -0.1) is 0 Å². The van der Waals surface area contributed by atoms with Crippen LogP contribution < -0.4 is 10.6 Å². The standard InChI is InChI=1S/C14H20N2O3/c1-2-8-15-10-13(17)16-9-12(14(18)19)11-6-4-3-5-7-11/h3-7,12,15H,2,8-10H2,1H3,(H,16,17)(H,18,19). The summed E-state index contributed by atoms with van der Waals surface area (Å²) >= 11 is 0. The summed E-state index contributed by atoms with van der Waals surface area (Å²) in [6.07, 6.45) is 0.953. The van der Waals surface area contributed by atoms with Crippen molar-refractivity contribution in [3.8, 4) is 0 Å². The molecule has 1 atom stereocenters. The van der Waals surface area contributed by atoms with Crippen LogP contribution in [0.3, 0.4) is 0 Å². The fourth-order valence-corrected chi connectivity index (χ4v) is 1.69. The smallest absolute Gasteiger partial charge is 0.312 e. The van der Waals surface area contributed by atoms with Crippen molar-refractivity contribution in [1.29, 1.82) is 0 Å². The Labute approximate surface area is 113 Å². The molecule has 5 heteroatoms. The number of nitrogens with one attached hydrogen (secondary N) is 2. The van der Waals surface area contributed by atoms with Crippen LogP contribution in [0.5, 0.6) is 0 Å². The molecule has 0 aromatic heterocycles. The van der Waals surface area contributed by atoms with Gasteiger partial charge in [-0.3, -0.25) is 9.59 Å². The number of carboxylic acid groups (broad SMARTS) is 1. The summed E-state index contributed by atoms with van der Waals surface area (Å²) in [6, 6.07) is 8.90. The molecule has 19 heavy (non-hydrogen) atoms. The molecule has 0 fully saturated rings. The number of carboxylic acids is 1. The van der Waals surface area contributed by atoms with Crippen LogP contribution in [0.2, 0.25) is 0 Å². The van der Waals surface area contributed by atoms with Gasteiger partial charge in [0.15, 0.2) is 0 Å². The molecule has 1 unspecified atom stereocenters. The van der Waals surface area contributed by atoms with Crippen molar-refractivity contribution in [2.24, 2.45) is 0 Å². The largest absolute Gasteiger partial charge is 0.481 e. The predicted octanol–water partition coefficient (Wildman–Crippen LogP) is 0.971. The Morgan fingerprint density at radius 2 is 1.95 bits per heavy atom. The molecule has 1 rings (SSSR count). The van der Waals surface area contributed by atoms with E-state index in [9.17, 15) is 14.7 Å². The predicted molar refractivity (Wildman–Crippen MR) is 73.0 cm³/mol. The molecule has 0 aliphatic rings. The van der Waals surface area contributed by atoms with E-state index >= 15 is 0 Å². The highest BCUT2D eigenvalue weighted by Crippen LogP contribution is 2.14. The molecule has 3 N–H and O–H groups in total. The van der Waals surface area contributed by atoms with Gasteiger partial charge in [0.1, 0.15) is 0 Å². The van der Waals surface area contributed by atoms with E-state index in [4.69, 9.17) is 0 Å². The third-order valence-corrected chi connectivity index (χ3v) is 2.72. The quantitative estimate of drug-likeness (QED) is 0.611. The number of carbonyl (C=O) groups is 2. The average Bonchev–Trinajstić information content (AvgIpc) is 2.40. The average molecular weight is 264 g/mol. The minimum absolute atomic E-state index is 0.103. The first-order valence-electron chi connectivity index (χ1n) is 6.40. The van der Waals surface area contributed by atoms with Crippen LogP contribution in [0.15, 0.2) is 30.3 Å². The summed E-state index contributed by atoms with van der Waals surface area (Å²) in [6.45, 7) is 3.11. The lowest BCUT2D eigenvalue weighted by Crippen LogP contribution is -2.37. The fraction of sp³-hybridized carbons (Fsp3) is 0.429. The van der Waals surface area contributed by atoms with Gasteiger partial charge >= 0.3 is 5.97 Å². The number of rotatable bonds is 8. The number of amides is 1. The third-order valence-electron chi connectivity index (χ3n) is 2.72. The highest BCUT2D eigenvalue weighted by molar-refractivity contribution is 5.80. The topological polar surface area (TPSA) is 78.4 Å². The Morgan fingerprint density at radius 3 is 2.53 bits per heavy atom. The van der Waals surface area contributed by atoms with Gasteiger partial charge in [0.2, 0.25) is 5.91 Å². The minimum atomic E-state index is -0.937. The highest BCUT2D eigenvalue weighted by Gasteiger charge is 2.20. The lowest BCUT2D eigenvalue weighted by molar-refractivity contribution is -0.138. The summed E-state index contributed by atoms with van der Waals surface area (Å²) in [5, 5.41) is 14.8. The minimum Gasteiger partial charge on any atom is -0.481 e. The molecule has 0 spiro atoms. The molecular weight excluding hydrogens is 244 g/mol. The van der Waals surface area contributed by atoms with Crippen LogP contribution in [0.1, 0.15) is 24.8 Å². The van der Waals surface area contributed by atoms with E-state index < -0.39 is 11.9 Å². The maximum absolute atomic E-state index is 11.5. The zero-order chi connectivity index (χ0) is 14.1. The van der Waals surface area contributed by atoms with Crippen LogP contribution >= 0.6 is 0 Å². The van der Waals surface area contributed by atoms with Gasteiger partial charge in [-0.1, -0.05) is 37.3 Å². The maximum Gasteiger partial charge on any atom is 0.312 e. The first kappa shape index (κ1) is 15.2. The summed E-state index contributed by atoms with van der Waals surface area (Å²) in [5.41, 5.74) is 0.691. The molecule has 0 aliphatic heterocycles. The maximum atomic E-state index is 11.5. The van der Waals surface area contributed by atoms with Gasteiger partial charge < -0.3 is 15.7 Å². The Hall–Kier alpha value is -1.88. The van der Waals surface area contributed by atoms with Crippen molar-refractivity contribution in [3.63, 3.8) is 0 Å². The zero-order valence-corrected chi connectivity index (χ0v) is 11.1. The molecule has 1 aromatic carbocycles. The first-order chi connectivity index (χ1) is 9.15. The number of benzene rings is 1. The molecule has 0 saturated carbocycles. The monoisotopic (exact) mass is 264 g/mol. The van der Waals surface area contributed by atoms with E-state index in [0.29, 0.717) is 5.56 Å².